The lowest BCUT2D eigenvalue weighted by Crippen LogP contribution is -2.41. The number of benzene rings is 2. The number of hydrogen-bond acceptors (Lipinski definition) is 5. The maximum atomic E-state index is 12.7. The Morgan fingerprint density at radius 1 is 1.03 bits per heavy atom. The fraction of sp³-hybridized carbons (Fsp3) is 0.375. The lowest BCUT2D eigenvalue weighted by Gasteiger charge is -2.31. The van der Waals surface area contributed by atoms with Gasteiger partial charge in [0.05, 0.1) is 5.92 Å². The van der Waals surface area contributed by atoms with Crippen molar-refractivity contribution >= 4 is 29.2 Å². The molecule has 0 atom stereocenters. The highest BCUT2D eigenvalue weighted by Crippen LogP contribution is 2.21. The van der Waals surface area contributed by atoms with Crippen LogP contribution in [0.1, 0.15) is 28.8 Å². The van der Waals surface area contributed by atoms with E-state index in [0.29, 0.717) is 37.2 Å². The number of rotatable bonds is 6. The van der Waals surface area contributed by atoms with E-state index < -0.39 is 0 Å². The lowest BCUT2D eigenvalue weighted by molar-refractivity contribution is -0.152. The van der Waals surface area contributed by atoms with Gasteiger partial charge in [0.2, 0.25) is 0 Å². The van der Waals surface area contributed by atoms with Crippen LogP contribution >= 0.6 is 0 Å². The van der Waals surface area contributed by atoms with Crippen molar-refractivity contribution in [3.8, 4) is 0 Å². The van der Waals surface area contributed by atoms with Crippen LogP contribution in [0.4, 0.5) is 11.4 Å². The van der Waals surface area contributed by atoms with Crippen LogP contribution < -0.4 is 10.2 Å². The third-order valence-corrected chi connectivity index (χ3v) is 5.50. The van der Waals surface area contributed by atoms with Gasteiger partial charge in [-0.05, 0) is 55.7 Å². The SMILES string of the molecule is Cc1ccccc1C(=O)N1CCC(C(=O)OCC(=O)Nc2ccc(N(C)C)cc2)CC1. The average molecular weight is 424 g/mol. The van der Waals surface area contributed by atoms with Gasteiger partial charge in [0.15, 0.2) is 6.61 Å². The number of likely N-dealkylation sites (tertiary alicyclic amines) is 1. The minimum Gasteiger partial charge on any atom is -0.455 e. The summed E-state index contributed by atoms with van der Waals surface area (Å²) < 4.78 is 5.21. The highest BCUT2D eigenvalue weighted by molar-refractivity contribution is 5.96. The molecule has 3 rings (SSSR count). The highest BCUT2D eigenvalue weighted by Gasteiger charge is 2.29. The zero-order chi connectivity index (χ0) is 22.4. The molecular formula is C24H29N3O4. The fourth-order valence-corrected chi connectivity index (χ4v) is 3.60. The second-order valence-corrected chi connectivity index (χ2v) is 7.98. The predicted octanol–water partition coefficient (Wildman–Crippen LogP) is 3.10. The van der Waals surface area contributed by atoms with Crippen molar-refractivity contribution in [1.29, 1.82) is 0 Å². The van der Waals surface area contributed by atoms with Crippen molar-refractivity contribution in [2.45, 2.75) is 19.8 Å². The smallest absolute Gasteiger partial charge is 0.309 e. The Balaban J connectivity index is 1.43. The number of anilines is 2. The number of nitrogens with zero attached hydrogens (tertiary/aromatic N) is 2. The van der Waals surface area contributed by atoms with Gasteiger partial charge >= 0.3 is 5.97 Å². The topological polar surface area (TPSA) is 78.9 Å². The van der Waals surface area contributed by atoms with E-state index in [0.717, 1.165) is 11.3 Å². The van der Waals surface area contributed by atoms with Gasteiger partial charge in [-0.15, -0.1) is 0 Å². The third-order valence-electron chi connectivity index (χ3n) is 5.50. The van der Waals surface area contributed by atoms with E-state index in [2.05, 4.69) is 5.32 Å². The van der Waals surface area contributed by atoms with Crippen molar-refractivity contribution in [2.24, 2.45) is 5.92 Å². The summed E-state index contributed by atoms with van der Waals surface area (Å²) in [6, 6.07) is 14.9. The van der Waals surface area contributed by atoms with Crippen molar-refractivity contribution in [2.75, 3.05) is 44.0 Å². The van der Waals surface area contributed by atoms with Gasteiger partial charge < -0.3 is 19.9 Å². The molecule has 0 radical (unpaired) electrons. The van der Waals surface area contributed by atoms with Gasteiger partial charge in [-0.1, -0.05) is 18.2 Å². The maximum Gasteiger partial charge on any atom is 0.309 e. The zero-order valence-electron chi connectivity index (χ0n) is 18.3. The Hall–Kier alpha value is -3.35. The van der Waals surface area contributed by atoms with E-state index in [1.54, 1.807) is 17.0 Å². The lowest BCUT2D eigenvalue weighted by atomic mass is 9.96. The van der Waals surface area contributed by atoms with Crippen LogP contribution in [0.3, 0.4) is 0 Å². The second kappa shape index (κ2) is 10.1. The van der Waals surface area contributed by atoms with Gasteiger partial charge in [-0.25, -0.2) is 0 Å². The molecule has 1 saturated heterocycles. The summed E-state index contributed by atoms with van der Waals surface area (Å²) in [5.74, 6) is -1.07. The molecule has 2 amide bonds. The van der Waals surface area contributed by atoms with Crippen LogP contribution in [0.25, 0.3) is 0 Å². The summed E-state index contributed by atoms with van der Waals surface area (Å²) in [5, 5.41) is 2.72. The number of piperidine rings is 1. The van der Waals surface area contributed by atoms with E-state index in [4.69, 9.17) is 4.74 Å². The summed E-state index contributed by atoms with van der Waals surface area (Å²) >= 11 is 0. The molecule has 1 aliphatic heterocycles. The van der Waals surface area contributed by atoms with Crippen molar-refractivity contribution in [3.63, 3.8) is 0 Å². The van der Waals surface area contributed by atoms with Gasteiger partial charge in [0.25, 0.3) is 11.8 Å². The van der Waals surface area contributed by atoms with Crippen LogP contribution in [0.2, 0.25) is 0 Å². The largest absolute Gasteiger partial charge is 0.455 e. The Morgan fingerprint density at radius 3 is 2.29 bits per heavy atom. The predicted molar refractivity (Wildman–Crippen MR) is 120 cm³/mol. The Bertz CT molecular complexity index is 932. The molecule has 31 heavy (non-hydrogen) atoms. The van der Waals surface area contributed by atoms with E-state index in [1.165, 1.54) is 0 Å². The fourth-order valence-electron chi connectivity index (χ4n) is 3.60. The molecule has 0 saturated carbocycles. The molecule has 1 fully saturated rings. The average Bonchev–Trinajstić information content (AvgIpc) is 2.78. The first-order valence-corrected chi connectivity index (χ1v) is 10.4. The van der Waals surface area contributed by atoms with Gasteiger partial charge in [0.1, 0.15) is 0 Å². The Labute approximate surface area is 183 Å². The molecule has 2 aromatic carbocycles. The molecule has 0 aromatic heterocycles. The van der Waals surface area contributed by atoms with Gasteiger partial charge in [0, 0.05) is 44.1 Å². The van der Waals surface area contributed by atoms with Crippen LogP contribution in [-0.2, 0) is 14.3 Å². The quantitative estimate of drug-likeness (QED) is 0.723. The molecule has 2 aromatic rings. The maximum absolute atomic E-state index is 12.7. The van der Waals surface area contributed by atoms with Crippen molar-refractivity contribution in [3.05, 3.63) is 59.7 Å². The molecule has 0 bridgehead atoms. The summed E-state index contributed by atoms with van der Waals surface area (Å²) in [4.78, 5) is 40.9. The monoisotopic (exact) mass is 423 g/mol. The first-order chi connectivity index (χ1) is 14.8. The molecule has 164 valence electrons. The first-order valence-electron chi connectivity index (χ1n) is 10.4. The molecule has 1 heterocycles. The number of carbonyl (C=O) groups excluding carboxylic acids is 3. The Kier molecular flexibility index (Phi) is 7.28. The summed E-state index contributed by atoms with van der Waals surface area (Å²) in [6.07, 6.45) is 1.06. The summed E-state index contributed by atoms with van der Waals surface area (Å²) in [7, 11) is 3.88. The molecule has 1 aliphatic rings. The molecule has 1 N–H and O–H groups in total. The third kappa shape index (κ3) is 5.84. The molecule has 0 unspecified atom stereocenters. The molecule has 7 nitrogen and oxygen atoms in total. The van der Waals surface area contributed by atoms with Gasteiger partial charge in [-0.3, -0.25) is 14.4 Å². The van der Waals surface area contributed by atoms with E-state index in [1.807, 2.05) is 62.3 Å². The standard InChI is InChI=1S/C24H29N3O4/c1-17-6-4-5-7-21(17)23(29)27-14-12-18(13-15-27)24(30)31-16-22(28)25-19-8-10-20(11-9-19)26(2)3/h4-11,18H,12-16H2,1-3H3,(H,25,28). The number of hydrogen-bond donors (Lipinski definition) is 1. The normalized spacial score (nSPS) is 14.1. The van der Waals surface area contributed by atoms with Crippen LogP contribution in [-0.4, -0.2) is 56.5 Å². The van der Waals surface area contributed by atoms with E-state index >= 15 is 0 Å². The summed E-state index contributed by atoms with van der Waals surface area (Å²) in [5.41, 5.74) is 3.31. The number of ether oxygens (including phenoxy) is 1. The van der Waals surface area contributed by atoms with Crippen LogP contribution in [0.15, 0.2) is 48.5 Å². The minimum absolute atomic E-state index is 0.00965. The van der Waals surface area contributed by atoms with E-state index in [-0.39, 0.29) is 30.3 Å². The van der Waals surface area contributed by atoms with Crippen molar-refractivity contribution < 1.29 is 19.1 Å². The van der Waals surface area contributed by atoms with E-state index in [9.17, 15) is 14.4 Å². The van der Waals surface area contributed by atoms with Gasteiger partial charge in [-0.2, -0.15) is 0 Å². The molecule has 7 heteroatoms. The molecule has 0 spiro atoms. The highest BCUT2D eigenvalue weighted by atomic mass is 16.5. The number of nitrogens with one attached hydrogen (secondary N) is 1. The zero-order valence-corrected chi connectivity index (χ0v) is 18.3. The van der Waals surface area contributed by atoms with Crippen LogP contribution in [0.5, 0.6) is 0 Å². The number of carbonyl (C=O) groups is 3. The molecular weight excluding hydrogens is 394 g/mol. The number of aryl methyl sites for hydroxylation is 1. The first kappa shape index (κ1) is 22.3. The Morgan fingerprint density at radius 2 is 1.68 bits per heavy atom. The summed E-state index contributed by atoms with van der Waals surface area (Å²) in [6.45, 7) is 2.59. The number of esters is 1. The molecule has 0 aliphatic carbocycles. The number of amides is 2. The minimum atomic E-state index is -0.388. The second-order valence-electron chi connectivity index (χ2n) is 7.98. The van der Waals surface area contributed by atoms with Crippen LogP contribution in [0, 0.1) is 12.8 Å². The van der Waals surface area contributed by atoms with Crippen molar-refractivity contribution in [1.82, 2.24) is 4.90 Å².